The minimum Gasteiger partial charge on any atom is -0.469 e. The number of nitrogens with one attached hydrogen (secondary N) is 1. The standard InChI is InChI=1S/C14H14N2O3S/c1-19-13(17)9-11(12-3-2-8-20-12)16-14(18)10-4-6-15-7-5-10/h2-8,11H,9H2,1H3,(H,16,18). The Balaban J connectivity index is 2.12. The van der Waals surface area contributed by atoms with Gasteiger partial charge in [-0.3, -0.25) is 14.6 Å². The lowest BCUT2D eigenvalue weighted by Crippen LogP contribution is -2.30. The quantitative estimate of drug-likeness (QED) is 0.857. The third kappa shape index (κ3) is 3.64. The molecule has 0 radical (unpaired) electrons. The molecule has 20 heavy (non-hydrogen) atoms. The van der Waals surface area contributed by atoms with E-state index in [0.717, 1.165) is 4.88 Å². The van der Waals surface area contributed by atoms with Crippen LogP contribution >= 0.6 is 11.3 Å². The first kappa shape index (κ1) is 14.2. The number of esters is 1. The lowest BCUT2D eigenvalue weighted by Gasteiger charge is -2.16. The average molecular weight is 290 g/mol. The van der Waals surface area contributed by atoms with Gasteiger partial charge >= 0.3 is 5.97 Å². The van der Waals surface area contributed by atoms with Crippen LogP contribution in [0.3, 0.4) is 0 Å². The number of thiophene rings is 1. The predicted molar refractivity (Wildman–Crippen MR) is 75.4 cm³/mol. The zero-order valence-corrected chi connectivity index (χ0v) is 11.7. The molecule has 0 aliphatic rings. The highest BCUT2D eigenvalue weighted by molar-refractivity contribution is 7.10. The molecular formula is C14H14N2O3S. The predicted octanol–water partition coefficient (Wildman–Crippen LogP) is 2.18. The van der Waals surface area contributed by atoms with Crippen LogP contribution in [0.1, 0.15) is 27.7 Å². The molecule has 1 atom stereocenters. The lowest BCUT2D eigenvalue weighted by atomic mass is 10.1. The molecule has 0 saturated carbocycles. The SMILES string of the molecule is COC(=O)CC(NC(=O)c1ccncc1)c1cccs1. The Kier molecular flexibility index (Phi) is 4.84. The van der Waals surface area contributed by atoms with Crippen molar-refractivity contribution in [3.8, 4) is 0 Å². The van der Waals surface area contributed by atoms with Crippen LogP contribution in [-0.2, 0) is 9.53 Å². The molecule has 2 aromatic rings. The Morgan fingerprint density at radius 3 is 2.70 bits per heavy atom. The summed E-state index contributed by atoms with van der Waals surface area (Å²) in [6.45, 7) is 0. The van der Waals surface area contributed by atoms with E-state index in [1.54, 1.807) is 24.5 Å². The molecule has 0 saturated heterocycles. The zero-order valence-electron chi connectivity index (χ0n) is 10.9. The molecule has 0 bridgehead atoms. The number of amides is 1. The first-order chi connectivity index (χ1) is 9.70. The van der Waals surface area contributed by atoms with Gasteiger partial charge in [-0.2, -0.15) is 0 Å². The van der Waals surface area contributed by atoms with Crippen LogP contribution in [0.15, 0.2) is 42.0 Å². The number of carbonyl (C=O) groups excluding carboxylic acids is 2. The maximum atomic E-state index is 12.1. The van der Waals surface area contributed by atoms with Gasteiger partial charge in [0, 0.05) is 22.8 Å². The Hall–Kier alpha value is -2.21. The lowest BCUT2D eigenvalue weighted by molar-refractivity contribution is -0.141. The number of methoxy groups -OCH3 is 1. The molecule has 0 fully saturated rings. The summed E-state index contributed by atoms with van der Waals surface area (Å²) in [7, 11) is 1.33. The van der Waals surface area contributed by atoms with Gasteiger partial charge in [0.25, 0.3) is 5.91 Å². The summed E-state index contributed by atoms with van der Waals surface area (Å²) in [4.78, 5) is 28.4. The number of aromatic nitrogens is 1. The Morgan fingerprint density at radius 1 is 1.35 bits per heavy atom. The van der Waals surface area contributed by atoms with Gasteiger partial charge in [-0.05, 0) is 23.6 Å². The molecule has 0 aliphatic carbocycles. The second-order valence-corrected chi connectivity index (χ2v) is 5.04. The van der Waals surface area contributed by atoms with Crippen LogP contribution < -0.4 is 5.32 Å². The number of ether oxygens (including phenoxy) is 1. The molecule has 6 heteroatoms. The monoisotopic (exact) mass is 290 g/mol. The van der Waals surface area contributed by atoms with Gasteiger partial charge in [-0.15, -0.1) is 11.3 Å². The summed E-state index contributed by atoms with van der Waals surface area (Å²) in [5.74, 6) is -0.604. The number of carbonyl (C=O) groups is 2. The van der Waals surface area contributed by atoms with Crippen LogP contribution in [0.25, 0.3) is 0 Å². The number of pyridine rings is 1. The Labute approximate surface area is 120 Å². The smallest absolute Gasteiger partial charge is 0.307 e. The number of rotatable bonds is 5. The minimum absolute atomic E-state index is 0.105. The summed E-state index contributed by atoms with van der Waals surface area (Å²) in [5.41, 5.74) is 0.506. The van der Waals surface area contributed by atoms with E-state index in [0.29, 0.717) is 5.56 Å². The molecule has 2 heterocycles. The van der Waals surface area contributed by atoms with Crippen molar-refractivity contribution >= 4 is 23.2 Å². The highest BCUT2D eigenvalue weighted by atomic mass is 32.1. The molecular weight excluding hydrogens is 276 g/mol. The van der Waals surface area contributed by atoms with Crippen molar-refractivity contribution < 1.29 is 14.3 Å². The summed E-state index contributed by atoms with van der Waals surface area (Å²) in [6.07, 6.45) is 3.21. The first-order valence-electron chi connectivity index (χ1n) is 6.02. The maximum Gasteiger partial charge on any atom is 0.307 e. The van der Waals surface area contributed by atoms with Crippen molar-refractivity contribution in [3.05, 3.63) is 52.5 Å². The highest BCUT2D eigenvalue weighted by Gasteiger charge is 2.20. The molecule has 2 aromatic heterocycles. The van der Waals surface area contributed by atoms with Gasteiger partial charge in [0.2, 0.25) is 0 Å². The molecule has 1 amide bonds. The number of nitrogens with zero attached hydrogens (tertiary/aromatic N) is 1. The van der Waals surface area contributed by atoms with Crippen molar-refractivity contribution in [1.82, 2.24) is 10.3 Å². The highest BCUT2D eigenvalue weighted by Crippen LogP contribution is 2.22. The van der Waals surface area contributed by atoms with Crippen LogP contribution in [0.2, 0.25) is 0 Å². The molecule has 5 nitrogen and oxygen atoms in total. The molecule has 0 aromatic carbocycles. The second-order valence-electron chi connectivity index (χ2n) is 4.06. The molecule has 0 spiro atoms. The summed E-state index contributed by atoms with van der Waals surface area (Å²) in [6, 6.07) is 6.62. The largest absolute Gasteiger partial charge is 0.469 e. The van der Waals surface area contributed by atoms with E-state index >= 15 is 0 Å². The normalized spacial score (nSPS) is 11.7. The fraction of sp³-hybridized carbons (Fsp3) is 0.214. The fourth-order valence-corrected chi connectivity index (χ4v) is 2.49. The zero-order chi connectivity index (χ0) is 14.4. The van der Waals surface area contributed by atoms with Crippen LogP contribution in [-0.4, -0.2) is 24.0 Å². The van der Waals surface area contributed by atoms with Gasteiger partial charge in [-0.25, -0.2) is 0 Å². The number of hydrogen-bond donors (Lipinski definition) is 1. The van der Waals surface area contributed by atoms with Crippen LogP contribution in [0.5, 0.6) is 0 Å². The van der Waals surface area contributed by atoms with Crippen molar-refractivity contribution in [2.75, 3.05) is 7.11 Å². The molecule has 104 valence electrons. The maximum absolute atomic E-state index is 12.1. The van der Waals surface area contributed by atoms with E-state index in [2.05, 4.69) is 15.0 Å². The van der Waals surface area contributed by atoms with Crippen molar-refractivity contribution in [1.29, 1.82) is 0 Å². The van der Waals surface area contributed by atoms with Crippen molar-refractivity contribution in [2.45, 2.75) is 12.5 Å². The third-order valence-electron chi connectivity index (χ3n) is 2.73. The number of hydrogen-bond acceptors (Lipinski definition) is 5. The van der Waals surface area contributed by atoms with Crippen LogP contribution in [0.4, 0.5) is 0 Å². The summed E-state index contributed by atoms with van der Waals surface area (Å²) in [5, 5.41) is 4.74. The van der Waals surface area contributed by atoms with E-state index in [1.165, 1.54) is 18.4 Å². The third-order valence-corrected chi connectivity index (χ3v) is 3.72. The molecule has 1 unspecified atom stereocenters. The topological polar surface area (TPSA) is 68.3 Å². The molecule has 0 aliphatic heterocycles. The van der Waals surface area contributed by atoms with E-state index in [9.17, 15) is 9.59 Å². The minimum atomic E-state index is -0.386. The van der Waals surface area contributed by atoms with E-state index < -0.39 is 0 Å². The average Bonchev–Trinajstić information content (AvgIpc) is 3.01. The van der Waals surface area contributed by atoms with E-state index in [-0.39, 0.29) is 24.3 Å². The summed E-state index contributed by atoms with van der Waals surface area (Å²) < 4.78 is 4.67. The van der Waals surface area contributed by atoms with Gasteiger partial charge < -0.3 is 10.1 Å². The Morgan fingerprint density at radius 2 is 2.10 bits per heavy atom. The summed E-state index contributed by atoms with van der Waals surface area (Å²) >= 11 is 1.49. The van der Waals surface area contributed by atoms with Gasteiger partial charge in [0.1, 0.15) is 0 Å². The van der Waals surface area contributed by atoms with Crippen molar-refractivity contribution in [3.63, 3.8) is 0 Å². The second kappa shape index (κ2) is 6.81. The molecule has 2 rings (SSSR count). The van der Waals surface area contributed by atoms with E-state index in [1.807, 2.05) is 17.5 Å². The first-order valence-corrected chi connectivity index (χ1v) is 6.90. The van der Waals surface area contributed by atoms with Crippen molar-refractivity contribution in [2.24, 2.45) is 0 Å². The molecule has 1 N–H and O–H groups in total. The van der Waals surface area contributed by atoms with Gasteiger partial charge in [-0.1, -0.05) is 6.07 Å². The van der Waals surface area contributed by atoms with Gasteiger partial charge in [0.15, 0.2) is 0 Å². The van der Waals surface area contributed by atoms with Crippen LogP contribution in [0, 0.1) is 0 Å². The van der Waals surface area contributed by atoms with E-state index in [4.69, 9.17) is 0 Å². The Bertz CT molecular complexity index is 569. The van der Waals surface area contributed by atoms with Gasteiger partial charge in [0.05, 0.1) is 19.6 Å². The fourth-order valence-electron chi connectivity index (χ4n) is 1.71.